The highest BCUT2D eigenvalue weighted by molar-refractivity contribution is 7.47. The second-order valence-electron chi connectivity index (χ2n) is 34.4. The fourth-order valence-electron chi connectivity index (χ4n) is 14.2. The number of aliphatic hydroxyl groups excluding tert-OH is 1. The van der Waals surface area contributed by atoms with E-state index < -0.39 is 97.5 Å². The number of phosphoric acid groups is 2. The summed E-state index contributed by atoms with van der Waals surface area (Å²) in [6.07, 6.45) is 71.0. The van der Waals surface area contributed by atoms with Crippen LogP contribution in [0.5, 0.6) is 0 Å². The number of carbonyl (C=O) groups excluding carboxylic acids is 4. The van der Waals surface area contributed by atoms with Crippen molar-refractivity contribution in [3.05, 3.63) is 0 Å². The zero-order valence-electron chi connectivity index (χ0n) is 72.9. The van der Waals surface area contributed by atoms with Crippen molar-refractivity contribution in [1.29, 1.82) is 0 Å². The van der Waals surface area contributed by atoms with Gasteiger partial charge < -0.3 is 33.8 Å². The van der Waals surface area contributed by atoms with Gasteiger partial charge in [-0.15, -0.1) is 0 Å². The summed E-state index contributed by atoms with van der Waals surface area (Å²) in [5.41, 5.74) is 0. The zero-order valence-corrected chi connectivity index (χ0v) is 74.7. The van der Waals surface area contributed by atoms with Crippen molar-refractivity contribution in [3.8, 4) is 0 Å². The Hall–Kier alpha value is -1.94. The fraction of sp³-hybridized carbons (Fsp3) is 0.956. The SMILES string of the molecule is CCC(C)CCCCCCCCCCCCCCCCCCCCC(=O)O[C@H](COC(=O)CCCCCCCCCC(C)C)COP(=O)(O)OCC(O)COP(=O)(O)OC[C@@H](COC(=O)CCCCCCCCCCCCCCCCCCCCC(C)C)OC(=O)CCCCCCCCCCCCCCCCC(C)C. The molecule has 0 aromatic heterocycles. The van der Waals surface area contributed by atoms with Crippen LogP contribution in [0.25, 0.3) is 0 Å². The average molecular weight is 1610 g/mol. The highest BCUT2D eigenvalue weighted by atomic mass is 31.2. The van der Waals surface area contributed by atoms with Crippen LogP contribution in [0.15, 0.2) is 0 Å². The molecule has 0 saturated heterocycles. The van der Waals surface area contributed by atoms with Gasteiger partial charge in [-0.1, -0.05) is 428 Å². The monoisotopic (exact) mass is 1610 g/mol. The number of aliphatic hydroxyl groups is 1. The first-order valence-electron chi connectivity index (χ1n) is 46.7. The Balaban J connectivity index is 5.19. The van der Waals surface area contributed by atoms with E-state index in [2.05, 4.69) is 55.4 Å². The Labute approximate surface area is 677 Å². The van der Waals surface area contributed by atoms with Crippen LogP contribution in [0.4, 0.5) is 0 Å². The highest BCUT2D eigenvalue weighted by Gasteiger charge is 2.31. The molecule has 0 aliphatic carbocycles. The minimum Gasteiger partial charge on any atom is -0.462 e. The lowest BCUT2D eigenvalue weighted by molar-refractivity contribution is -0.161. The molecule has 0 saturated carbocycles. The Morgan fingerprint density at radius 3 is 0.645 bits per heavy atom. The van der Waals surface area contributed by atoms with Crippen LogP contribution in [-0.4, -0.2) is 96.7 Å². The molecule has 0 fully saturated rings. The van der Waals surface area contributed by atoms with Crippen molar-refractivity contribution >= 4 is 39.5 Å². The van der Waals surface area contributed by atoms with Gasteiger partial charge in [0.2, 0.25) is 0 Å². The summed E-state index contributed by atoms with van der Waals surface area (Å²) in [6, 6.07) is 0. The first-order valence-corrected chi connectivity index (χ1v) is 49.7. The molecule has 0 rings (SSSR count). The zero-order chi connectivity index (χ0) is 80.9. The maximum atomic E-state index is 13.2. The number of hydrogen-bond donors (Lipinski definition) is 3. The minimum absolute atomic E-state index is 0.107. The lowest BCUT2D eigenvalue weighted by Crippen LogP contribution is -2.30. The fourth-order valence-corrected chi connectivity index (χ4v) is 15.7. The van der Waals surface area contributed by atoms with Crippen molar-refractivity contribution in [2.45, 2.75) is 497 Å². The number of rotatable bonds is 88. The molecule has 0 spiro atoms. The molecule has 0 amide bonds. The molecule has 3 N–H and O–H groups in total. The number of esters is 4. The molecule has 0 aromatic rings. The summed E-state index contributed by atoms with van der Waals surface area (Å²) >= 11 is 0. The van der Waals surface area contributed by atoms with Gasteiger partial charge in [-0.05, 0) is 49.4 Å². The van der Waals surface area contributed by atoms with Crippen molar-refractivity contribution in [1.82, 2.24) is 0 Å². The van der Waals surface area contributed by atoms with E-state index in [1.54, 1.807) is 0 Å². The molecule has 110 heavy (non-hydrogen) atoms. The van der Waals surface area contributed by atoms with Gasteiger partial charge in [0.05, 0.1) is 26.4 Å². The molecule has 0 radical (unpaired) electrons. The number of unbranched alkanes of at least 4 members (excludes halogenated alkanes) is 53. The van der Waals surface area contributed by atoms with Crippen LogP contribution in [0.3, 0.4) is 0 Å². The van der Waals surface area contributed by atoms with Gasteiger partial charge in [0.25, 0.3) is 0 Å². The Bertz CT molecular complexity index is 2130. The molecule has 0 aromatic carbocycles. The van der Waals surface area contributed by atoms with Crippen molar-refractivity contribution in [2.24, 2.45) is 23.7 Å². The van der Waals surface area contributed by atoms with E-state index in [9.17, 15) is 43.2 Å². The molecule has 654 valence electrons. The topological polar surface area (TPSA) is 237 Å². The third-order valence-electron chi connectivity index (χ3n) is 21.7. The van der Waals surface area contributed by atoms with E-state index in [4.69, 9.17) is 37.0 Å². The maximum absolute atomic E-state index is 13.2. The Morgan fingerprint density at radius 1 is 0.255 bits per heavy atom. The third kappa shape index (κ3) is 82.6. The van der Waals surface area contributed by atoms with Crippen LogP contribution in [0.2, 0.25) is 0 Å². The van der Waals surface area contributed by atoms with Gasteiger partial charge in [0.1, 0.15) is 19.3 Å². The van der Waals surface area contributed by atoms with Crippen LogP contribution in [0, 0.1) is 23.7 Å². The Morgan fingerprint density at radius 2 is 0.436 bits per heavy atom. The van der Waals surface area contributed by atoms with E-state index in [0.717, 1.165) is 114 Å². The number of ether oxygens (including phenoxy) is 4. The van der Waals surface area contributed by atoms with Gasteiger partial charge in [-0.25, -0.2) is 9.13 Å². The first kappa shape index (κ1) is 108. The van der Waals surface area contributed by atoms with E-state index >= 15 is 0 Å². The smallest absolute Gasteiger partial charge is 0.462 e. The minimum atomic E-state index is -4.97. The third-order valence-corrected chi connectivity index (χ3v) is 23.6. The van der Waals surface area contributed by atoms with Gasteiger partial charge >= 0.3 is 39.5 Å². The largest absolute Gasteiger partial charge is 0.472 e. The van der Waals surface area contributed by atoms with Crippen molar-refractivity contribution in [3.63, 3.8) is 0 Å². The molecule has 0 bridgehead atoms. The summed E-state index contributed by atoms with van der Waals surface area (Å²) in [7, 11) is -9.94. The van der Waals surface area contributed by atoms with Crippen LogP contribution in [-0.2, 0) is 65.4 Å². The molecule has 17 nitrogen and oxygen atoms in total. The van der Waals surface area contributed by atoms with Crippen LogP contribution >= 0.6 is 15.6 Å². The number of carbonyl (C=O) groups is 4. The quantitative estimate of drug-likeness (QED) is 0.0222. The summed E-state index contributed by atoms with van der Waals surface area (Å²) in [5.74, 6) is 1.09. The molecule has 19 heteroatoms. The van der Waals surface area contributed by atoms with Crippen molar-refractivity contribution < 1.29 is 80.2 Å². The second-order valence-corrected chi connectivity index (χ2v) is 37.3. The lowest BCUT2D eigenvalue weighted by Gasteiger charge is -2.21. The molecular formula is C91H178O17P2. The van der Waals surface area contributed by atoms with Gasteiger partial charge in [-0.3, -0.25) is 37.3 Å². The summed E-state index contributed by atoms with van der Waals surface area (Å²) in [4.78, 5) is 73.4. The van der Waals surface area contributed by atoms with Gasteiger partial charge in [-0.2, -0.15) is 0 Å². The van der Waals surface area contributed by atoms with E-state index in [-0.39, 0.29) is 25.7 Å². The second kappa shape index (κ2) is 79.5. The van der Waals surface area contributed by atoms with E-state index in [1.165, 1.54) is 276 Å². The molecular weight excluding hydrogens is 1430 g/mol. The Kier molecular flexibility index (Phi) is 78.1. The lowest BCUT2D eigenvalue weighted by atomic mass is 9.99. The summed E-state index contributed by atoms with van der Waals surface area (Å²) < 4.78 is 69.0. The summed E-state index contributed by atoms with van der Waals surface area (Å²) in [5, 5.41) is 10.7. The number of phosphoric ester groups is 2. The standard InChI is InChI=1S/C91H178O17P2/c1-9-84(8)70-62-54-46-38-32-26-19-15-11-13-17-21-28-34-40-48-57-65-73-91(96)108-87(78-102-89(94)72-64-56-50-42-45-53-61-69-83(6)7)80-106-110(99,100)104-76-85(92)75-103-109(97,98)105-79-86(107-90(95)74-66-58-49-41-35-29-23-22-25-31-37-44-52-60-68-82(4)5)77-101-88(93)71-63-55-47-39-33-27-20-16-12-10-14-18-24-30-36-43-51-59-67-81(2)3/h81-87,92H,9-80H2,1-8H3,(H,97,98)(H,99,100)/t84?,85?,86-,87-/m1/s1. The summed E-state index contributed by atoms with van der Waals surface area (Å²) in [6.45, 7) is 14.4. The molecule has 4 unspecified atom stereocenters. The predicted molar refractivity (Wildman–Crippen MR) is 455 cm³/mol. The van der Waals surface area contributed by atoms with Gasteiger partial charge in [0.15, 0.2) is 12.2 Å². The van der Waals surface area contributed by atoms with Crippen LogP contribution in [0.1, 0.15) is 479 Å². The van der Waals surface area contributed by atoms with Gasteiger partial charge in [0, 0.05) is 25.7 Å². The maximum Gasteiger partial charge on any atom is 0.472 e. The van der Waals surface area contributed by atoms with E-state index in [0.29, 0.717) is 31.6 Å². The number of hydrogen-bond acceptors (Lipinski definition) is 15. The highest BCUT2D eigenvalue weighted by Crippen LogP contribution is 2.45. The molecule has 6 atom stereocenters. The molecule has 0 heterocycles. The van der Waals surface area contributed by atoms with E-state index in [1.807, 2.05) is 0 Å². The normalized spacial score (nSPS) is 14.1. The van der Waals surface area contributed by atoms with Crippen LogP contribution < -0.4 is 0 Å². The molecule has 0 aliphatic rings. The predicted octanol–water partition coefficient (Wildman–Crippen LogP) is 27.9. The van der Waals surface area contributed by atoms with Crippen molar-refractivity contribution in [2.75, 3.05) is 39.6 Å². The average Bonchev–Trinajstić information content (AvgIpc) is 0.898. The molecule has 0 aliphatic heterocycles. The first-order chi connectivity index (χ1) is 53.1.